The summed E-state index contributed by atoms with van der Waals surface area (Å²) in [6, 6.07) is 7.77. The Hall–Kier alpha value is -2.47. The second-order valence-corrected chi connectivity index (χ2v) is 4.47. The Morgan fingerprint density at radius 3 is 2.45 bits per heavy atom. The topological polar surface area (TPSA) is 30.5 Å². The Kier molecular flexibility index (Phi) is 5.06. The monoisotopic (exact) mass is 309 g/mol. The Morgan fingerprint density at radius 1 is 1.05 bits per heavy atom. The third kappa shape index (κ3) is 3.79. The molecular weight excluding hydrogens is 295 g/mol. The summed E-state index contributed by atoms with van der Waals surface area (Å²) in [4.78, 5) is 5.13. The molecule has 2 rings (SSSR count). The maximum Gasteiger partial charge on any atom is 0.165 e. The first-order valence-electron chi connectivity index (χ1n) is 6.36. The molecule has 0 atom stereocenters. The average Bonchev–Trinajstić information content (AvgIpc) is 2.50. The van der Waals surface area contributed by atoms with Crippen LogP contribution in [0.2, 0.25) is 0 Å². The zero-order valence-electron chi connectivity index (χ0n) is 11.8. The summed E-state index contributed by atoms with van der Waals surface area (Å²) in [5.74, 6) is -2.27. The number of hydrogen-bond acceptors (Lipinski definition) is 3. The van der Waals surface area contributed by atoms with Crippen molar-refractivity contribution in [2.75, 3.05) is 7.11 Å². The highest BCUT2D eigenvalue weighted by molar-refractivity contribution is 5.61. The number of benzene rings is 2. The SMILES string of the molecule is C=C(NOCc1ccc(F)c(F)c1)c1ccc(OC)c(F)c1. The van der Waals surface area contributed by atoms with Crippen LogP contribution in [0.5, 0.6) is 5.75 Å². The van der Waals surface area contributed by atoms with E-state index in [1.165, 1.54) is 25.3 Å². The number of rotatable bonds is 6. The van der Waals surface area contributed by atoms with E-state index in [9.17, 15) is 13.2 Å². The second kappa shape index (κ2) is 7.00. The van der Waals surface area contributed by atoms with Crippen LogP contribution in [0.3, 0.4) is 0 Å². The van der Waals surface area contributed by atoms with Gasteiger partial charge in [-0.05, 0) is 35.9 Å². The highest BCUT2D eigenvalue weighted by Gasteiger charge is 2.07. The molecule has 0 aliphatic heterocycles. The van der Waals surface area contributed by atoms with E-state index < -0.39 is 17.5 Å². The number of hydroxylamine groups is 1. The Balaban J connectivity index is 1.92. The van der Waals surface area contributed by atoms with Gasteiger partial charge in [0.05, 0.1) is 19.4 Å². The minimum Gasteiger partial charge on any atom is -0.494 e. The molecule has 2 aromatic rings. The van der Waals surface area contributed by atoms with Gasteiger partial charge in [0.15, 0.2) is 23.2 Å². The largest absolute Gasteiger partial charge is 0.494 e. The van der Waals surface area contributed by atoms with Crippen LogP contribution in [0.25, 0.3) is 5.70 Å². The zero-order valence-corrected chi connectivity index (χ0v) is 11.8. The third-order valence-electron chi connectivity index (χ3n) is 2.92. The smallest absolute Gasteiger partial charge is 0.165 e. The summed E-state index contributed by atoms with van der Waals surface area (Å²) in [6.07, 6.45) is 0. The van der Waals surface area contributed by atoms with Crippen molar-refractivity contribution in [3.8, 4) is 5.75 Å². The Bertz CT molecular complexity index is 689. The molecule has 6 heteroatoms. The van der Waals surface area contributed by atoms with E-state index in [4.69, 9.17) is 9.57 Å². The van der Waals surface area contributed by atoms with Gasteiger partial charge in [-0.15, -0.1) is 0 Å². The van der Waals surface area contributed by atoms with E-state index >= 15 is 0 Å². The molecule has 0 bridgehead atoms. The summed E-state index contributed by atoms with van der Waals surface area (Å²) in [5.41, 5.74) is 3.77. The van der Waals surface area contributed by atoms with Gasteiger partial charge in [0.25, 0.3) is 0 Å². The molecule has 3 nitrogen and oxygen atoms in total. The second-order valence-electron chi connectivity index (χ2n) is 4.47. The Labute approximate surface area is 125 Å². The van der Waals surface area contributed by atoms with Crippen molar-refractivity contribution >= 4 is 5.70 Å². The Morgan fingerprint density at radius 2 is 1.82 bits per heavy atom. The predicted molar refractivity (Wildman–Crippen MR) is 76.3 cm³/mol. The summed E-state index contributed by atoms with van der Waals surface area (Å²) in [5, 5.41) is 0. The number of halogens is 3. The number of hydrogen-bond donors (Lipinski definition) is 1. The summed E-state index contributed by atoms with van der Waals surface area (Å²) >= 11 is 0. The molecule has 0 radical (unpaired) electrons. The fraction of sp³-hybridized carbons (Fsp3) is 0.125. The first-order chi connectivity index (χ1) is 10.5. The van der Waals surface area contributed by atoms with Gasteiger partial charge in [0.1, 0.15) is 0 Å². The fourth-order valence-electron chi connectivity index (χ4n) is 1.75. The lowest BCUT2D eigenvalue weighted by molar-refractivity contribution is 0.0646. The van der Waals surface area contributed by atoms with Gasteiger partial charge >= 0.3 is 0 Å². The number of nitrogens with one attached hydrogen (secondary N) is 1. The highest BCUT2D eigenvalue weighted by Crippen LogP contribution is 2.20. The maximum atomic E-state index is 13.6. The molecule has 2 aromatic carbocycles. The van der Waals surface area contributed by atoms with E-state index in [1.807, 2.05) is 0 Å². The minimum absolute atomic E-state index is 0.00510. The minimum atomic E-state index is -0.947. The number of methoxy groups -OCH3 is 1. The predicted octanol–water partition coefficient (Wildman–Crippen LogP) is 3.80. The summed E-state index contributed by atoms with van der Waals surface area (Å²) in [7, 11) is 1.37. The van der Waals surface area contributed by atoms with Gasteiger partial charge < -0.3 is 4.74 Å². The first kappa shape index (κ1) is 15.9. The summed E-state index contributed by atoms with van der Waals surface area (Å²) < 4.78 is 44.2. The molecule has 0 amide bonds. The standard InChI is InChI=1S/C16H14F3NO2/c1-10(12-4-6-16(21-2)15(19)8-12)20-22-9-11-3-5-13(17)14(18)7-11/h3-8,20H,1,9H2,2H3. The van der Waals surface area contributed by atoms with Crippen LogP contribution in [0, 0.1) is 17.5 Å². The van der Waals surface area contributed by atoms with Crippen molar-refractivity contribution in [3.63, 3.8) is 0 Å². The van der Waals surface area contributed by atoms with Crippen LogP contribution < -0.4 is 10.2 Å². The third-order valence-corrected chi connectivity index (χ3v) is 2.92. The lowest BCUT2D eigenvalue weighted by atomic mass is 10.1. The molecule has 0 aliphatic carbocycles. The van der Waals surface area contributed by atoms with E-state index in [-0.39, 0.29) is 12.4 Å². The van der Waals surface area contributed by atoms with Gasteiger partial charge in [-0.1, -0.05) is 12.6 Å². The summed E-state index contributed by atoms with van der Waals surface area (Å²) in [6.45, 7) is 3.70. The lowest BCUT2D eigenvalue weighted by Crippen LogP contribution is -2.12. The van der Waals surface area contributed by atoms with E-state index in [1.54, 1.807) is 6.07 Å². The van der Waals surface area contributed by atoms with Gasteiger partial charge in [-0.25, -0.2) is 13.2 Å². The molecule has 22 heavy (non-hydrogen) atoms. The van der Waals surface area contributed by atoms with Gasteiger partial charge in [0, 0.05) is 5.56 Å². The van der Waals surface area contributed by atoms with Gasteiger partial charge in [0.2, 0.25) is 0 Å². The highest BCUT2D eigenvalue weighted by atomic mass is 19.2. The molecule has 116 valence electrons. The van der Waals surface area contributed by atoms with Crippen LogP contribution in [0.4, 0.5) is 13.2 Å². The molecule has 0 unspecified atom stereocenters. The van der Waals surface area contributed by atoms with E-state index in [0.717, 1.165) is 12.1 Å². The zero-order chi connectivity index (χ0) is 16.1. The molecule has 0 aromatic heterocycles. The van der Waals surface area contributed by atoms with Crippen molar-refractivity contribution in [2.24, 2.45) is 0 Å². The van der Waals surface area contributed by atoms with Crippen LogP contribution >= 0.6 is 0 Å². The normalized spacial score (nSPS) is 10.4. The van der Waals surface area contributed by atoms with E-state index in [2.05, 4.69) is 12.1 Å². The number of ether oxygens (including phenoxy) is 1. The molecule has 0 saturated heterocycles. The van der Waals surface area contributed by atoms with Crippen LogP contribution in [-0.4, -0.2) is 7.11 Å². The molecule has 0 heterocycles. The molecule has 0 aliphatic rings. The maximum absolute atomic E-state index is 13.6. The van der Waals surface area contributed by atoms with Crippen molar-refractivity contribution < 1.29 is 22.7 Å². The molecular formula is C16H14F3NO2. The quantitative estimate of drug-likeness (QED) is 0.823. The molecule has 0 saturated carbocycles. The van der Waals surface area contributed by atoms with E-state index in [0.29, 0.717) is 16.8 Å². The van der Waals surface area contributed by atoms with Crippen molar-refractivity contribution in [3.05, 3.63) is 71.6 Å². The fourth-order valence-corrected chi connectivity index (χ4v) is 1.75. The van der Waals surface area contributed by atoms with Crippen LogP contribution in [0.1, 0.15) is 11.1 Å². The first-order valence-corrected chi connectivity index (χ1v) is 6.36. The molecule has 0 fully saturated rings. The van der Waals surface area contributed by atoms with Crippen LogP contribution in [-0.2, 0) is 11.4 Å². The average molecular weight is 309 g/mol. The lowest BCUT2D eigenvalue weighted by Gasteiger charge is -2.11. The van der Waals surface area contributed by atoms with Crippen molar-refractivity contribution in [1.82, 2.24) is 5.48 Å². The van der Waals surface area contributed by atoms with Crippen molar-refractivity contribution in [1.29, 1.82) is 0 Å². The molecule has 1 N–H and O–H groups in total. The van der Waals surface area contributed by atoms with Gasteiger partial charge in [-0.3, -0.25) is 10.3 Å². The molecule has 0 spiro atoms. The van der Waals surface area contributed by atoms with Crippen LogP contribution in [0.15, 0.2) is 43.0 Å². The van der Waals surface area contributed by atoms with Gasteiger partial charge in [-0.2, -0.15) is 0 Å². The van der Waals surface area contributed by atoms with Crippen molar-refractivity contribution in [2.45, 2.75) is 6.61 Å².